The van der Waals surface area contributed by atoms with Crippen LogP contribution in [0.1, 0.15) is 20.8 Å². The maximum atomic E-state index is 12.0. The standard InChI is InChI=1S/C14H18N2O6/c1-9(12(17)18)15-13(19)14(2,3)8-22-11-6-4-10(5-7-11)16(20)21/h4-7,9H,8H2,1-3H3,(H,15,19)(H,17,18). The van der Waals surface area contributed by atoms with Gasteiger partial charge in [-0.3, -0.25) is 19.7 Å². The van der Waals surface area contributed by atoms with Gasteiger partial charge < -0.3 is 15.2 Å². The minimum atomic E-state index is -1.12. The fraction of sp³-hybridized carbons (Fsp3) is 0.429. The van der Waals surface area contributed by atoms with Gasteiger partial charge in [0.25, 0.3) is 5.69 Å². The van der Waals surface area contributed by atoms with Gasteiger partial charge in [-0.05, 0) is 32.9 Å². The maximum absolute atomic E-state index is 12.0. The molecule has 1 rings (SSSR count). The van der Waals surface area contributed by atoms with Crippen LogP contribution in [-0.4, -0.2) is 34.6 Å². The number of carboxylic acid groups (broad SMARTS) is 1. The lowest BCUT2D eigenvalue weighted by Crippen LogP contribution is -2.47. The van der Waals surface area contributed by atoms with E-state index in [9.17, 15) is 19.7 Å². The number of benzene rings is 1. The van der Waals surface area contributed by atoms with E-state index in [4.69, 9.17) is 9.84 Å². The summed E-state index contributed by atoms with van der Waals surface area (Å²) in [5.41, 5.74) is -1.01. The van der Waals surface area contributed by atoms with Gasteiger partial charge in [0.2, 0.25) is 5.91 Å². The summed E-state index contributed by atoms with van der Waals surface area (Å²) in [6, 6.07) is 4.48. The third-order valence-corrected chi connectivity index (χ3v) is 2.98. The molecular weight excluding hydrogens is 292 g/mol. The van der Waals surface area contributed by atoms with Crippen LogP contribution in [0.15, 0.2) is 24.3 Å². The Bertz CT molecular complexity index is 567. The number of carbonyl (C=O) groups is 2. The average Bonchev–Trinajstić information content (AvgIpc) is 2.45. The average molecular weight is 310 g/mol. The summed E-state index contributed by atoms with van der Waals surface area (Å²) in [7, 11) is 0. The van der Waals surface area contributed by atoms with Crippen LogP contribution >= 0.6 is 0 Å². The van der Waals surface area contributed by atoms with Gasteiger partial charge in [-0.25, -0.2) is 0 Å². The molecule has 1 amide bonds. The molecule has 0 aliphatic rings. The Labute approximate surface area is 127 Å². The number of amides is 1. The Balaban J connectivity index is 2.62. The van der Waals surface area contributed by atoms with Crippen molar-refractivity contribution in [3.8, 4) is 5.75 Å². The van der Waals surface area contributed by atoms with Crippen molar-refractivity contribution in [2.45, 2.75) is 26.8 Å². The molecule has 0 bridgehead atoms. The number of nitrogens with one attached hydrogen (secondary N) is 1. The van der Waals surface area contributed by atoms with Crippen LogP contribution in [0.3, 0.4) is 0 Å². The molecule has 22 heavy (non-hydrogen) atoms. The maximum Gasteiger partial charge on any atom is 0.325 e. The smallest absolute Gasteiger partial charge is 0.325 e. The van der Waals surface area contributed by atoms with Crippen molar-refractivity contribution < 1.29 is 24.4 Å². The largest absolute Gasteiger partial charge is 0.492 e. The summed E-state index contributed by atoms with van der Waals surface area (Å²) < 4.78 is 5.44. The van der Waals surface area contributed by atoms with E-state index < -0.39 is 28.3 Å². The molecule has 0 heterocycles. The molecule has 1 unspecified atom stereocenters. The summed E-state index contributed by atoms with van der Waals surface area (Å²) in [4.78, 5) is 32.7. The first-order chi connectivity index (χ1) is 10.1. The Morgan fingerprint density at radius 2 is 1.91 bits per heavy atom. The van der Waals surface area contributed by atoms with Crippen molar-refractivity contribution in [1.29, 1.82) is 0 Å². The highest BCUT2D eigenvalue weighted by molar-refractivity contribution is 5.86. The normalized spacial score (nSPS) is 12.3. The number of carbonyl (C=O) groups excluding carboxylic acids is 1. The van der Waals surface area contributed by atoms with Crippen molar-refractivity contribution in [3.05, 3.63) is 34.4 Å². The third-order valence-electron chi connectivity index (χ3n) is 2.98. The molecule has 0 fully saturated rings. The van der Waals surface area contributed by atoms with Gasteiger partial charge >= 0.3 is 5.97 Å². The Morgan fingerprint density at radius 3 is 2.36 bits per heavy atom. The summed E-state index contributed by atoms with van der Waals surface area (Å²) in [6.45, 7) is 4.60. The lowest BCUT2D eigenvalue weighted by Gasteiger charge is -2.25. The van der Waals surface area contributed by atoms with Crippen LogP contribution in [0.2, 0.25) is 0 Å². The van der Waals surface area contributed by atoms with Crippen molar-refractivity contribution in [1.82, 2.24) is 5.32 Å². The lowest BCUT2D eigenvalue weighted by atomic mass is 9.93. The second-order valence-corrected chi connectivity index (χ2v) is 5.46. The lowest BCUT2D eigenvalue weighted by molar-refractivity contribution is -0.384. The first kappa shape index (κ1) is 17.4. The van der Waals surface area contributed by atoms with Gasteiger partial charge in [0.1, 0.15) is 18.4 Å². The highest BCUT2D eigenvalue weighted by atomic mass is 16.6. The molecule has 0 radical (unpaired) electrons. The van der Waals surface area contributed by atoms with Gasteiger partial charge in [-0.15, -0.1) is 0 Å². The van der Waals surface area contributed by atoms with E-state index in [0.717, 1.165) is 0 Å². The van der Waals surface area contributed by atoms with Crippen molar-refractivity contribution >= 4 is 17.6 Å². The third kappa shape index (κ3) is 4.72. The van der Waals surface area contributed by atoms with Crippen LogP contribution < -0.4 is 10.1 Å². The van der Waals surface area contributed by atoms with Crippen LogP contribution in [0.25, 0.3) is 0 Å². The highest BCUT2D eigenvalue weighted by Gasteiger charge is 2.31. The number of nitrogens with zero attached hydrogens (tertiary/aromatic N) is 1. The highest BCUT2D eigenvalue weighted by Crippen LogP contribution is 2.21. The molecule has 0 saturated heterocycles. The summed E-state index contributed by atoms with van der Waals surface area (Å²) in [5, 5.41) is 21.7. The van der Waals surface area contributed by atoms with Gasteiger partial charge in [-0.2, -0.15) is 0 Å². The molecular formula is C14H18N2O6. The molecule has 1 aromatic rings. The zero-order chi connectivity index (χ0) is 16.9. The molecule has 0 aliphatic carbocycles. The molecule has 0 aromatic heterocycles. The van der Waals surface area contributed by atoms with E-state index in [2.05, 4.69) is 5.32 Å². The molecule has 8 nitrogen and oxygen atoms in total. The monoisotopic (exact) mass is 310 g/mol. The van der Waals surface area contributed by atoms with Crippen LogP contribution in [0.5, 0.6) is 5.75 Å². The number of non-ortho nitro benzene ring substituents is 1. The quantitative estimate of drug-likeness (QED) is 0.583. The van der Waals surface area contributed by atoms with Crippen LogP contribution in [-0.2, 0) is 9.59 Å². The van der Waals surface area contributed by atoms with E-state index in [1.54, 1.807) is 13.8 Å². The zero-order valence-corrected chi connectivity index (χ0v) is 12.5. The summed E-state index contributed by atoms with van der Waals surface area (Å²) >= 11 is 0. The molecule has 1 atom stereocenters. The minimum Gasteiger partial charge on any atom is -0.492 e. The second kappa shape index (κ2) is 6.88. The number of nitro benzene ring substituents is 1. The Kier molecular flexibility index (Phi) is 5.44. The van der Waals surface area contributed by atoms with Crippen LogP contribution in [0.4, 0.5) is 5.69 Å². The van der Waals surface area contributed by atoms with Gasteiger partial charge in [0.15, 0.2) is 0 Å². The Hall–Kier alpha value is -2.64. The summed E-state index contributed by atoms with van der Waals surface area (Å²) in [5.74, 6) is -1.19. The number of ether oxygens (including phenoxy) is 1. The van der Waals surface area contributed by atoms with E-state index in [1.165, 1.54) is 31.2 Å². The second-order valence-electron chi connectivity index (χ2n) is 5.46. The molecule has 0 saturated carbocycles. The topological polar surface area (TPSA) is 119 Å². The predicted octanol–water partition coefficient (Wildman–Crippen LogP) is 1.59. The number of rotatable bonds is 7. The molecule has 0 aliphatic heterocycles. The van der Waals surface area contributed by atoms with E-state index in [0.29, 0.717) is 5.75 Å². The van der Waals surface area contributed by atoms with E-state index >= 15 is 0 Å². The molecule has 8 heteroatoms. The van der Waals surface area contributed by atoms with Gasteiger partial charge in [-0.1, -0.05) is 0 Å². The van der Waals surface area contributed by atoms with E-state index in [-0.39, 0.29) is 12.3 Å². The van der Waals surface area contributed by atoms with Gasteiger partial charge in [0, 0.05) is 12.1 Å². The van der Waals surface area contributed by atoms with Gasteiger partial charge in [0.05, 0.1) is 10.3 Å². The molecule has 2 N–H and O–H groups in total. The van der Waals surface area contributed by atoms with E-state index in [1.807, 2.05) is 0 Å². The number of hydrogen-bond donors (Lipinski definition) is 2. The number of nitro groups is 1. The van der Waals surface area contributed by atoms with Crippen molar-refractivity contribution in [2.24, 2.45) is 5.41 Å². The number of hydrogen-bond acceptors (Lipinski definition) is 5. The fourth-order valence-electron chi connectivity index (χ4n) is 1.45. The summed E-state index contributed by atoms with van der Waals surface area (Å²) in [6.07, 6.45) is 0. The predicted molar refractivity (Wildman–Crippen MR) is 77.6 cm³/mol. The minimum absolute atomic E-state index is 0.00296. The zero-order valence-electron chi connectivity index (χ0n) is 12.5. The van der Waals surface area contributed by atoms with Crippen molar-refractivity contribution in [3.63, 3.8) is 0 Å². The van der Waals surface area contributed by atoms with Crippen LogP contribution in [0, 0.1) is 15.5 Å². The molecule has 1 aromatic carbocycles. The SMILES string of the molecule is CC(NC(=O)C(C)(C)COc1ccc([N+](=O)[O-])cc1)C(=O)O. The van der Waals surface area contributed by atoms with Crippen molar-refractivity contribution in [2.75, 3.05) is 6.61 Å². The number of aliphatic carboxylic acids is 1. The fourth-order valence-corrected chi connectivity index (χ4v) is 1.45. The Morgan fingerprint density at radius 1 is 1.36 bits per heavy atom. The molecule has 120 valence electrons. The first-order valence-corrected chi connectivity index (χ1v) is 6.54. The molecule has 0 spiro atoms. The first-order valence-electron chi connectivity index (χ1n) is 6.54. The number of carboxylic acids is 1.